The van der Waals surface area contributed by atoms with Crippen molar-refractivity contribution in [2.45, 2.75) is 0 Å². The van der Waals surface area contributed by atoms with Gasteiger partial charge in [-0.2, -0.15) is 0 Å². The molecule has 0 saturated carbocycles. The van der Waals surface area contributed by atoms with Gasteiger partial charge in [-0.15, -0.1) is 0 Å². The van der Waals surface area contributed by atoms with Crippen molar-refractivity contribution in [1.82, 2.24) is 0 Å². The summed E-state index contributed by atoms with van der Waals surface area (Å²) in [6.45, 7) is 0. The largest absolute Gasteiger partial charge is 2.00 e. The fourth-order valence-corrected chi connectivity index (χ4v) is 0. The first-order chi connectivity index (χ1) is 6.93. The molecule has 0 aromatic carbocycles. The summed E-state index contributed by atoms with van der Waals surface area (Å²) in [7, 11) is 0. The van der Waals surface area contributed by atoms with Gasteiger partial charge in [0.15, 0.2) is 20.4 Å². The van der Waals surface area contributed by atoms with E-state index in [-0.39, 0.29) is 73.3 Å². The third kappa shape index (κ3) is 129000. The van der Waals surface area contributed by atoms with E-state index in [2.05, 4.69) is 94.7 Å². The Morgan fingerprint density at radius 1 is 0.429 bits per heavy atom. The predicted molar refractivity (Wildman–Crippen MR) is 91.1 cm³/mol. The van der Waals surface area contributed by atoms with Crippen LogP contribution in [-0.2, 0) is 17.1 Å². The molecule has 0 unspecified atom stereocenters. The second-order valence-electron chi connectivity index (χ2n) is 1.61. The summed E-state index contributed by atoms with van der Waals surface area (Å²) in [5, 5.41) is 0.000000000000000888. The maximum absolute atomic E-state index is 4.62. The smallest absolute Gasteiger partial charge is 1.00 e. The topological polar surface area (TPSA) is 271 Å². The second-order valence-corrected chi connectivity index (χ2v) is 3.50. The molecule has 0 amide bonds. The monoisotopic (exact) mass is 473 g/mol. The summed E-state index contributed by atoms with van der Waals surface area (Å²) >= 11 is 16.4. The van der Waals surface area contributed by atoms with Gasteiger partial charge in [0.1, 0.15) is 0 Å². The van der Waals surface area contributed by atoms with Gasteiger partial charge < -0.3 is 81.6 Å². The zero-order valence-electron chi connectivity index (χ0n) is 10.3. The molecule has 17 heteroatoms. The number of hydrogen-bond acceptors (Lipinski definition) is 4. The Labute approximate surface area is 167 Å². The number of nitrogens with two attached hydrogens (primary N) is 8. The Bertz CT molecular complexity index is 188. The van der Waals surface area contributed by atoms with E-state index < -0.39 is 0 Å². The molecule has 0 aliphatic heterocycles. The van der Waals surface area contributed by atoms with Gasteiger partial charge in [0.2, 0.25) is 0 Å². The first kappa shape index (κ1) is 58.6. The van der Waals surface area contributed by atoms with E-state index in [0.717, 1.165) is 0 Å². The summed E-state index contributed by atoms with van der Waals surface area (Å²) in [5.74, 6) is 0. The summed E-state index contributed by atoms with van der Waals surface area (Å²) < 4.78 is 0. The van der Waals surface area contributed by atoms with Crippen LogP contribution in [-0.4, -0.2) is 31.4 Å². The molecule has 21 heavy (non-hydrogen) atoms. The maximum Gasteiger partial charge on any atom is 2.00 e. The van der Waals surface area contributed by atoms with Crippen LogP contribution in [0.3, 0.4) is 0 Å². The zero-order chi connectivity index (χ0) is 14.3. The summed E-state index contributed by atoms with van der Waals surface area (Å²) in [4.78, 5) is 0. The van der Waals surface area contributed by atoms with Crippen LogP contribution in [0.25, 0.3) is 0 Å². The number of rotatable bonds is 0. The van der Waals surface area contributed by atoms with E-state index in [1.165, 1.54) is 0 Å². The average molecular weight is 475 g/mol. The predicted octanol–water partition coefficient (Wildman–Crippen LogP) is -10.9. The second kappa shape index (κ2) is 50.3. The van der Waals surface area contributed by atoms with Crippen LogP contribution in [0.5, 0.6) is 0 Å². The van der Waals surface area contributed by atoms with Crippen molar-refractivity contribution in [3.05, 3.63) is 0 Å². The Kier molecular flexibility index (Phi) is 140. The van der Waals surface area contributed by atoms with E-state index in [4.69, 9.17) is 0 Å². The first-order valence-electron chi connectivity index (χ1n) is 3.13. The molecule has 1 radical (unpaired) electrons. The summed E-state index contributed by atoms with van der Waals surface area (Å²) in [6, 6.07) is 0. The van der Waals surface area contributed by atoms with Crippen LogP contribution in [0.4, 0.5) is 0 Å². The minimum absolute atomic E-state index is 0. The number of thiocarbonyl (C=S) groups is 4. The summed E-state index contributed by atoms with van der Waals surface area (Å²) in [5.41, 5.74) is 37.0. The van der Waals surface area contributed by atoms with Crippen molar-refractivity contribution in [1.29, 1.82) is 0 Å². The standard InChI is InChI=1S/4CH4N2S.2ClH.Cu.2H2O/c4*2-1(3)4;;;;;/h4*(H4,2,3,4);2*1H;;2*1H2/q;;;;;;+2;;/p-2. The Balaban J connectivity index is -0.0000000121. The Morgan fingerprint density at radius 2 is 0.429 bits per heavy atom. The molecule has 0 spiro atoms. The molecule has 0 aliphatic carbocycles. The van der Waals surface area contributed by atoms with Crippen LogP contribution in [0.15, 0.2) is 0 Å². The molecule has 0 aromatic rings. The number of halogens is 2. The van der Waals surface area contributed by atoms with Crippen LogP contribution >= 0.6 is 48.9 Å². The van der Waals surface area contributed by atoms with Gasteiger partial charge in [-0.05, 0) is 48.9 Å². The van der Waals surface area contributed by atoms with Crippen LogP contribution in [0.2, 0.25) is 0 Å². The Hall–Kier alpha value is -0.221. The zero-order valence-corrected chi connectivity index (χ0v) is 16.0. The fourth-order valence-electron chi connectivity index (χ4n) is 0. The van der Waals surface area contributed by atoms with E-state index in [0.29, 0.717) is 0 Å². The van der Waals surface area contributed by atoms with Crippen molar-refractivity contribution >= 4 is 69.3 Å². The van der Waals surface area contributed by atoms with Crippen molar-refractivity contribution in [3.8, 4) is 0 Å². The quantitative estimate of drug-likeness (QED) is 0.120. The van der Waals surface area contributed by atoms with Crippen LogP contribution in [0.1, 0.15) is 0 Å². The fraction of sp³-hybridized carbons (Fsp3) is 0. The van der Waals surface area contributed by atoms with Crippen molar-refractivity contribution in [2.75, 3.05) is 0 Å². The average Bonchev–Trinajstić information content (AvgIpc) is 1.76. The van der Waals surface area contributed by atoms with Crippen molar-refractivity contribution in [3.63, 3.8) is 0 Å². The van der Waals surface area contributed by atoms with Crippen LogP contribution < -0.4 is 70.7 Å². The molecule has 0 bridgehead atoms. The van der Waals surface area contributed by atoms with Gasteiger partial charge in [0, 0.05) is 0 Å². The molecule has 0 heterocycles. The molecule has 0 atom stereocenters. The van der Waals surface area contributed by atoms with Gasteiger partial charge in [-0.1, -0.05) is 0 Å². The summed E-state index contributed by atoms with van der Waals surface area (Å²) in [6.07, 6.45) is 0. The molecule has 0 aromatic heterocycles. The third-order valence-electron chi connectivity index (χ3n) is 0. The molecule has 10 nitrogen and oxygen atoms in total. The van der Waals surface area contributed by atoms with Gasteiger partial charge in [-0.25, -0.2) is 0 Å². The van der Waals surface area contributed by atoms with Gasteiger partial charge in [0.05, 0.1) is 0 Å². The molecule has 0 rings (SSSR count). The molecular formula is C4H20Cl2CuN8O2S4. The SMILES string of the molecule is NC(N)=S.NC(N)=S.NC(N)=S.NC(N)=S.O.O.[Cl-].[Cl-].[Cu+2]. The van der Waals surface area contributed by atoms with Crippen molar-refractivity contribution in [2.24, 2.45) is 45.9 Å². The normalized spacial score (nSPS) is 4.57. The number of hydrogen-bond donors (Lipinski definition) is 8. The molecule has 20 N–H and O–H groups in total. The van der Waals surface area contributed by atoms with Crippen molar-refractivity contribution < 1.29 is 52.8 Å². The Morgan fingerprint density at radius 3 is 0.429 bits per heavy atom. The van der Waals surface area contributed by atoms with Gasteiger partial charge in [-0.3, -0.25) is 0 Å². The minimum Gasteiger partial charge on any atom is -1.00 e. The molecular weight excluding hydrogens is 455 g/mol. The molecule has 0 saturated heterocycles. The molecule has 137 valence electrons. The van der Waals surface area contributed by atoms with E-state index in [9.17, 15) is 0 Å². The maximum atomic E-state index is 4.62. The van der Waals surface area contributed by atoms with E-state index >= 15 is 0 Å². The first-order valence-corrected chi connectivity index (χ1v) is 4.76. The molecule has 0 aliphatic rings. The van der Waals surface area contributed by atoms with Crippen LogP contribution in [0, 0.1) is 0 Å². The van der Waals surface area contributed by atoms with Gasteiger partial charge in [0.25, 0.3) is 0 Å². The minimum atomic E-state index is 0. The van der Waals surface area contributed by atoms with E-state index in [1.54, 1.807) is 0 Å². The van der Waals surface area contributed by atoms with E-state index in [1.807, 2.05) is 0 Å². The third-order valence-corrected chi connectivity index (χ3v) is 0. The molecule has 0 fully saturated rings. The van der Waals surface area contributed by atoms with Gasteiger partial charge >= 0.3 is 17.1 Å².